The van der Waals surface area contributed by atoms with Gasteiger partial charge in [0.15, 0.2) is 11.5 Å². The first kappa shape index (κ1) is 29.8. The number of rotatable bonds is 14. The summed E-state index contributed by atoms with van der Waals surface area (Å²) >= 11 is 0. The molecule has 2 amide bonds. The Kier molecular flexibility index (Phi) is 11.4. The average Bonchev–Trinajstić information content (AvgIpc) is 2.92. The molecule has 3 rings (SSSR count). The van der Waals surface area contributed by atoms with Crippen LogP contribution in [0.5, 0.6) is 11.5 Å². The number of nitrogens with zero attached hydrogens (tertiary/aromatic N) is 1. The van der Waals surface area contributed by atoms with Crippen LogP contribution in [0.3, 0.4) is 0 Å². The topological polar surface area (TPSA) is 67.9 Å². The first-order chi connectivity index (χ1) is 18.8. The molecular weight excluding hydrogens is 488 g/mol. The molecule has 0 aliphatic rings. The van der Waals surface area contributed by atoms with Crippen LogP contribution in [0.4, 0.5) is 0 Å². The van der Waals surface area contributed by atoms with Gasteiger partial charge in [-0.15, -0.1) is 0 Å². The lowest BCUT2D eigenvalue weighted by Gasteiger charge is -2.32. The number of amides is 2. The molecule has 0 saturated carbocycles. The Bertz CT molecular complexity index is 1190. The number of aryl methyl sites for hydroxylation is 2. The third-order valence-electron chi connectivity index (χ3n) is 6.41. The summed E-state index contributed by atoms with van der Waals surface area (Å²) in [5, 5.41) is 3.04. The van der Waals surface area contributed by atoms with Gasteiger partial charge in [0.25, 0.3) is 0 Å². The normalized spacial score (nSPS) is 11.6. The lowest BCUT2D eigenvalue weighted by atomic mass is 10.0. The summed E-state index contributed by atoms with van der Waals surface area (Å²) < 4.78 is 11.5. The van der Waals surface area contributed by atoms with Crippen LogP contribution in [0, 0.1) is 6.92 Å². The quantitative estimate of drug-likeness (QED) is 0.282. The maximum atomic E-state index is 13.9. The van der Waals surface area contributed by atoms with E-state index in [1.807, 2.05) is 107 Å². The van der Waals surface area contributed by atoms with Gasteiger partial charge in [0.05, 0.1) is 13.2 Å². The molecule has 0 aliphatic carbocycles. The number of ether oxygens (including phenoxy) is 2. The third-order valence-corrected chi connectivity index (χ3v) is 6.41. The van der Waals surface area contributed by atoms with Crippen molar-refractivity contribution in [3.8, 4) is 11.5 Å². The number of hydrogen-bond donors (Lipinski definition) is 1. The zero-order valence-electron chi connectivity index (χ0n) is 23.9. The number of carbonyl (C=O) groups is 2. The summed E-state index contributed by atoms with van der Waals surface area (Å²) in [6, 6.07) is 23.1. The summed E-state index contributed by atoms with van der Waals surface area (Å²) in [7, 11) is 0. The third kappa shape index (κ3) is 9.17. The summed E-state index contributed by atoms with van der Waals surface area (Å²) in [6.07, 6.45) is 1.24. The van der Waals surface area contributed by atoms with Crippen LogP contribution in [0.15, 0.2) is 72.8 Å². The van der Waals surface area contributed by atoms with E-state index < -0.39 is 6.04 Å². The molecule has 0 fully saturated rings. The van der Waals surface area contributed by atoms with Crippen LogP contribution in [0.1, 0.15) is 56.4 Å². The van der Waals surface area contributed by atoms with E-state index in [2.05, 4.69) is 5.32 Å². The lowest BCUT2D eigenvalue weighted by molar-refractivity contribution is -0.141. The van der Waals surface area contributed by atoms with Crippen molar-refractivity contribution in [2.24, 2.45) is 0 Å². The van der Waals surface area contributed by atoms with Crippen molar-refractivity contribution in [3.05, 3.63) is 95.1 Å². The second kappa shape index (κ2) is 15.0. The molecule has 1 N–H and O–H groups in total. The highest BCUT2D eigenvalue weighted by Gasteiger charge is 2.30. The van der Waals surface area contributed by atoms with Crippen molar-refractivity contribution in [1.29, 1.82) is 0 Å². The van der Waals surface area contributed by atoms with E-state index in [4.69, 9.17) is 9.47 Å². The molecule has 0 bridgehead atoms. The Morgan fingerprint density at radius 1 is 0.821 bits per heavy atom. The molecule has 208 valence electrons. The van der Waals surface area contributed by atoms with Gasteiger partial charge in [-0.25, -0.2) is 0 Å². The van der Waals surface area contributed by atoms with Crippen LogP contribution in [-0.2, 0) is 29.0 Å². The standard InChI is InChI=1S/C33H42N2O4/c1-6-38-30-19-17-27(22-31(30)39-7-2)18-20-32(36)35(23-28-15-13-25(5)14-16-28)29(33(37)34-24(3)4)21-26-11-9-8-10-12-26/h8-17,19,22,24,29H,6-7,18,20-21,23H2,1-5H3,(H,34,37)/t29-/m1/s1. The van der Waals surface area contributed by atoms with Gasteiger partial charge in [-0.05, 0) is 69.9 Å². The molecule has 0 unspecified atom stereocenters. The first-order valence-electron chi connectivity index (χ1n) is 13.9. The Balaban J connectivity index is 1.89. The van der Waals surface area contributed by atoms with Crippen molar-refractivity contribution in [1.82, 2.24) is 10.2 Å². The number of carbonyl (C=O) groups excluding carboxylic acids is 2. The van der Waals surface area contributed by atoms with Gasteiger partial charge >= 0.3 is 0 Å². The van der Waals surface area contributed by atoms with Gasteiger partial charge in [0.1, 0.15) is 6.04 Å². The molecule has 39 heavy (non-hydrogen) atoms. The molecule has 0 radical (unpaired) electrons. The monoisotopic (exact) mass is 530 g/mol. The van der Waals surface area contributed by atoms with Crippen LogP contribution in [0.25, 0.3) is 0 Å². The zero-order valence-corrected chi connectivity index (χ0v) is 23.9. The van der Waals surface area contributed by atoms with Crippen LogP contribution in [0.2, 0.25) is 0 Å². The second-order valence-electron chi connectivity index (χ2n) is 10.0. The predicted molar refractivity (Wildman–Crippen MR) is 156 cm³/mol. The molecule has 6 heteroatoms. The van der Waals surface area contributed by atoms with Crippen LogP contribution < -0.4 is 14.8 Å². The van der Waals surface area contributed by atoms with Crippen molar-refractivity contribution in [3.63, 3.8) is 0 Å². The van der Waals surface area contributed by atoms with Crippen LogP contribution >= 0.6 is 0 Å². The average molecular weight is 531 g/mol. The van der Waals surface area contributed by atoms with E-state index in [9.17, 15) is 9.59 Å². The maximum absolute atomic E-state index is 13.9. The molecular formula is C33H42N2O4. The minimum absolute atomic E-state index is 0.0343. The van der Waals surface area contributed by atoms with Crippen molar-refractivity contribution in [2.45, 2.75) is 72.5 Å². The van der Waals surface area contributed by atoms with Gasteiger partial charge < -0.3 is 19.7 Å². The molecule has 6 nitrogen and oxygen atoms in total. The molecule has 0 aliphatic heterocycles. The minimum atomic E-state index is -0.636. The zero-order chi connectivity index (χ0) is 28.2. The summed E-state index contributed by atoms with van der Waals surface area (Å²) in [4.78, 5) is 29.1. The van der Waals surface area contributed by atoms with Gasteiger partial charge in [-0.1, -0.05) is 66.2 Å². The summed E-state index contributed by atoms with van der Waals surface area (Å²) in [5.41, 5.74) is 4.13. The number of hydrogen-bond acceptors (Lipinski definition) is 4. The lowest BCUT2D eigenvalue weighted by Crippen LogP contribution is -2.51. The highest BCUT2D eigenvalue weighted by molar-refractivity contribution is 5.88. The molecule has 0 aromatic heterocycles. The van der Waals surface area contributed by atoms with Crippen molar-refractivity contribution >= 4 is 11.8 Å². The SMILES string of the molecule is CCOc1ccc(CCC(=O)N(Cc2ccc(C)cc2)[C@H](Cc2ccccc2)C(=O)NC(C)C)cc1OCC. The highest BCUT2D eigenvalue weighted by Crippen LogP contribution is 2.29. The van der Waals surface area contributed by atoms with Crippen molar-refractivity contribution < 1.29 is 19.1 Å². The van der Waals surface area contributed by atoms with Gasteiger partial charge in [-0.3, -0.25) is 9.59 Å². The molecule has 0 heterocycles. The fraction of sp³-hybridized carbons (Fsp3) is 0.394. The predicted octanol–water partition coefficient (Wildman–Crippen LogP) is 5.89. The Morgan fingerprint density at radius 3 is 2.10 bits per heavy atom. The fourth-order valence-electron chi connectivity index (χ4n) is 4.47. The van der Waals surface area contributed by atoms with E-state index in [0.717, 1.165) is 22.3 Å². The Labute approximate surface area is 233 Å². The minimum Gasteiger partial charge on any atom is -0.490 e. The largest absolute Gasteiger partial charge is 0.490 e. The van der Waals surface area contributed by atoms with Crippen LogP contribution in [-0.4, -0.2) is 42.0 Å². The van der Waals surface area contributed by atoms with E-state index in [-0.39, 0.29) is 24.3 Å². The summed E-state index contributed by atoms with van der Waals surface area (Å²) in [5.74, 6) is 1.17. The van der Waals surface area contributed by atoms with Gasteiger partial charge in [0.2, 0.25) is 11.8 Å². The fourth-order valence-corrected chi connectivity index (χ4v) is 4.47. The molecule has 3 aromatic rings. The molecule has 1 atom stereocenters. The van der Waals surface area contributed by atoms with E-state index in [1.165, 1.54) is 0 Å². The second-order valence-corrected chi connectivity index (χ2v) is 10.0. The van der Waals surface area contributed by atoms with Gasteiger partial charge in [0, 0.05) is 25.4 Å². The Morgan fingerprint density at radius 2 is 1.46 bits per heavy atom. The Hall–Kier alpha value is -3.80. The van der Waals surface area contributed by atoms with Gasteiger partial charge in [-0.2, -0.15) is 0 Å². The van der Waals surface area contributed by atoms with Crippen molar-refractivity contribution in [2.75, 3.05) is 13.2 Å². The smallest absolute Gasteiger partial charge is 0.243 e. The number of benzene rings is 3. The summed E-state index contributed by atoms with van der Waals surface area (Å²) in [6.45, 7) is 11.2. The first-order valence-corrected chi connectivity index (χ1v) is 13.9. The van der Waals surface area contributed by atoms with E-state index >= 15 is 0 Å². The van der Waals surface area contributed by atoms with E-state index in [0.29, 0.717) is 44.1 Å². The number of nitrogens with one attached hydrogen (secondary N) is 1. The molecule has 0 saturated heterocycles. The highest BCUT2D eigenvalue weighted by atomic mass is 16.5. The molecule has 0 spiro atoms. The van der Waals surface area contributed by atoms with E-state index in [1.54, 1.807) is 4.90 Å². The maximum Gasteiger partial charge on any atom is 0.243 e. The molecule has 3 aromatic carbocycles.